The van der Waals surface area contributed by atoms with Gasteiger partial charge in [-0.3, -0.25) is 106 Å². The highest BCUT2D eigenvalue weighted by atomic mass is 32.1. The van der Waals surface area contributed by atoms with Crippen LogP contribution in [-0.4, -0.2) is 326 Å². The number of carbonyl (C=O) groups is 23. The molecule has 0 aromatic carbocycles. The number of guanidine groups is 2. The van der Waals surface area contributed by atoms with Crippen LogP contribution in [0, 0.1) is 11.8 Å². The SMILES string of the molecule is CC(C)C(N)C=O.CC(C)CC(N)=O.CCCCC(N)C(=O)O.CCN1C(=O)CC(S)C1=O.CCN1C(=O)CCC1=O.NC(=O)CCCCN=C(N)N.NC(=O)CCS.NC(C=O)CS.NC(CCC=O)C(=O)O.NC(CS)C(=O)O.NC(N)=NCCCC(N)C=O.NC1CC(=O)N(CC=O)C1=O.NCC(N)C=O.NCCC(N)=O.NCCCCCC(=O)O.O=CCN1C(=O)CC(S)C1=O. The number of carbonyl (C=O) groups excluding carboxylic acids is 19. The van der Waals surface area contributed by atoms with E-state index in [9.17, 15) is 110 Å². The Balaban J connectivity index is -0.000000120. The second-order valence-electron chi connectivity index (χ2n) is 28.1. The summed E-state index contributed by atoms with van der Waals surface area (Å²) in [5.41, 5.74) is 95.5. The van der Waals surface area contributed by atoms with Crippen molar-refractivity contribution in [1.82, 2.24) is 19.6 Å². The molecule has 4 aliphatic heterocycles. The largest absolute Gasteiger partial charge is 0.481 e. The number of hydrogen-bond acceptors (Lipinski definition) is 41. The number of carboxylic acid groups (broad SMARTS) is 4. The Labute approximate surface area is 815 Å². The molecule has 57 heteroatoms. The molecule has 135 heavy (non-hydrogen) atoms. The van der Waals surface area contributed by atoms with E-state index >= 15 is 0 Å². The van der Waals surface area contributed by atoms with Gasteiger partial charge < -0.3 is 163 Å². The summed E-state index contributed by atoms with van der Waals surface area (Å²) in [5.74, 6) is -4.61. The molecule has 0 aromatic heterocycles. The van der Waals surface area contributed by atoms with Gasteiger partial charge in [0.1, 0.15) is 62.1 Å². The molecule has 0 saturated carbocycles. The maximum atomic E-state index is 11.0. The number of nitrogens with two attached hydrogens (primary N) is 19. The van der Waals surface area contributed by atoms with Crippen molar-refractivity contribution in [3.63, 3.8) is 0 Å². The summed E-state index contributed by atoms with van der Waals surface area (Å²) in [5, 5.41) is 31.7. The zero-order valence-corrected chi connectivity index (χ0v) is 82.6. The summed E-state index contributed by atoms with van der Waals surface area (Å²) < 4.78 is 0. The van der Waals surface area contributed by atoms with Gasteiger partial charge in [-0.05, 0) is 89.3 Å². The van der Waals surface area contributed by atoms with Gasteiger partial charge in [-0.2, -0.15) is 63.1 Å². The van der Waals surface area contributed by atoms with Crippen LogP contribution in [0.1, 0.15) is 190 Å². The van der Waals surface area contributed by atoms with Gasteiger partial charge >= 0.3 is 23.9 Å². The average molecular weight is 2040 g/mol. The summed E-state index contributed by atoms with van der Waals surface area (Å²) in [4.78, 5) is 247. The monoisotopic (exact) mass is 2030 g/mol. The van der Waals surface area contributed by atoms with Crippen molar-refractivity contribution in [3.05, 3.63) is 0 Å². The topological polar surface area (TPSA) is 1010 Å². The van der Waals surface area contributed by atoms with E-state index in [0.29, 0.717) is 139 Å². The Morgan fingerprint density at radius 1 is 0.430 bits per heavy atom. The Bertz CT molecular complexity index is 3350. The Kier molecular flexibility index (Phi) is 115. The average Bonchev–Trinajstić information content (AvgIpc) is 1.70. The third kappa shape index (κ3) is 109. The van der Waals surface area contributed by atoms with Gasteiger partial charge in [-0.25, -0.2) is 0 Å². The predicted octanol–water partition coefficient (Wildman–Crippen LogP) is -7.69. The summed E-state index contributed by atoms with van der Waals surface area (Å²) in [7, 11) is 0. The fourth-order valence-electron chi connectivity index (χ4n) is 7.61. The van der Waals surface area contributed by atoms with E-state index in [1.165, 1.54) is 9.80 Å². The fourth-order valence-corrected chi connectivity index (χ4v) is 8.66. The number of rotatable bonds is 43. The van der Waals surface area contributed by atoms with Gasteiger partial charge in [0, 0.05) is 115 Å². The lowest BCUT2D eigenvalue weighted by molar-refractivity contribution is -0.141. The number of aliphatic imine (C=N–C) groups is 2. The maximum Gasteiger partial charge on any atom is 0.321 e. The number of carboxylic acids is 4. The van der Waals surface area contributed by atoms with Gasteiger partial charge in [0.15, 0.2) is 11.9 Å². The van der Waals surface area contributed by atoms with Crippen molar-refractivity contribution in [2.24, 2.45) is 131 Å². The number of likely N-dealkylation sites (tertiary alicyclic amines) is 4. The number of thiol groups is 5. The Morgan fingerprint density at radius 2 is 0.837 bits per heavy atom. The van der Waals surface area contributed by atoms with Gasteiger partial charge in [-0.15, -0.1) is 0 Å². The van der Waals surface area contributed by atoms with E-state index in [1.807, 2.05) is 34.6 Å². The van der Waals surface area contributed by atoms with Gasteiger partial charge in [0.2, 0.25) is 70.9 Å². The van der Waals surface area contributed by atoms with Crippen molar-refractivity contribution in [1.29, 1.82) is 0 Å². The van der Waals surface area contributed by atoms with E-state index in [2.05, 4.69) is 78.9 Å². The van der Waals surface area contributed by atoms with Crippen molar-refractivity contribution >= 4 is 214 Å². The lowest BCUT2D eigenvalue weighted by atomic mass is 10.1. The minimum Gasteiger partial charge on any atom is -0.481 e. The number of imide groups is 4. The first-order chi connectivity index (χ1) is 62.8. The van der Waals surface area contributed by atoms with E-state index < -0.39 is 70.5 Å². The standard InChI is InChI=1S/2C6H14N4O.C6H8N2O3.C6H7NO3S.C6H9NO2S.C6H9NO2.2C6H13NO2.C5H9NO3.2C5H11NO.2C3H8N2O.C3H7NO2S.2C3H7NOS/c7-5(4-11)2-1-3-10-6(8)9;7-5(11)3-1-2-4-10-6(8)9;7-4-3-5(10)8(1-2-9)6(4)11;8-2-1-7-5(9)3-4(11)6(7)10;1-2-7-5(8)3-4(10)6(7)9;1-2-7-5(8)3-4-6(7)9;1-2-3-4-5(7)6(8)9;7-5-3-1-2-4-6(8)9;6-4(5(8)9)2-1-3-7;1-4(2)5(6)3-7;1-4(2)3-5(6)7;4-1-3(5)2-6;4-2-1-3(5)6;4-2(1-7)3(5)6;4-3(1-5)2-6;4-3(5)1-2-6/h4-5H,1-3,7H2,(H4,8,9,10);1-4H2,(H2,7,11)(H4,8,9,10);2,4H,1,3,7H2;2,4,11H,1,3H2;4,10H,2-3H2,1H3;2-4H2,1H3;5H,2-4,7H2,1H3,(H,8,9);1-5,7H2,(H,8,9);3-4H,1-2,6H2,(H,8,9);3-5H,6H2,1-2H3;4H,3H2,1-2H3,(H2,6,7);2-3H,1,4-5H2;1-2,4H2,(H2,5,6);2,7H,1,4H2,(H,5,6);1,3,6H,2,4H2;6H,1-2H2,(H2,4,5). The number of amides is 12. The second-order valence-corrected chi connectivity index (χ2v) is 30.6. The lowest BCUT2D eigenvalue weighted by Crippen LogP contribution is -2.36. The van der Waals surface area contributed by atoms with Crippen LogP contribution in [0.4, 0.5) is 0 Å². The van der Waals surface area contributed by atoms with Crippen molar-refractivity contribution in [2.45, 2.75) is 249 Å². The Hall–Kier alpha value is -10.1. The third-order valence-electron chi connectivity index (χ3n) is 15.1. The first-order valence-electron chi connectivity index (χ1n) is 41.8. The molecule has 0 radical (unpaired) electrons. The lowest BCUT2D eigenvalue weighted by Gasteiger charge is -2.08. The predicted molar refractivity (Wildman–Crippen MR) is 524 cm³/mol. The van der Waals surface area contributed by atoms with Gasteiger partial charge in [-0.1, -0.05) is 53.9 Å². The molecule has 10 unspecified atom stereocenters. The van der Waals surface area contributed by atoms with E-state index in [0.717, 1.165) is 73.7 Å². The minimum absolute atomic E-state index is 0.0205. The molecule has 4 fully saturated rings. The molecular formula is C78H155N25O27S5. The zero-order chi connectivity index (χ0) is 108. The molecule has 12 amide bonds. The summed E-state index contributed by atoms with van der Waals surface area (Å²) in [6.07, 6.45) is 16.0. The molecule has 0 spiro atoms. The summed E-state index contributed by atoms with van der Waals surface area (Å²) in [6.45, 7) is 16.4. The molecule has 0 aromatic rings. The molecule has 42 N–H and O–H groups in total. The van der Waals surface area contributed by atoms with Gasteiger partial charge in [0.25, 0.3) is 0 Å². The molecule has 0 aliphatic carbocycles. The number of nitrogens with zero attached hydrogens (tertiary/aromatic N) is 6. The molecule has 10 atom stereocenters. The number of aliphatic carboxylic acids is 4. The van der Waals surface area contributed by atoms with Crippen LogP contribution in [0.15, 0.2) is 9.98 Å². The van der Waals surface area contributed by atoms with E-state index in [1.54, 1.807) is 13.8 Å². The number of unbranched alkanes of at least 4 members (excludes halogenated alkanes) is 4. The smallest absolute Gasteiger partial charge is 0.321 e. The van der Waals surface area contributed by atoms with E-state index in [-0.39, 0.29) is 165 Å². The van der Waals surface area contributed by atoms with Crippen LogP contribution < -0.4 is 109 Å². The number of primary amides is 4. The van der Waals surface area contributed by atoms with Crippen LogP contribution in [-0.2, 0) is 110 Å². The summed E-state index contributed by atoms with van der Waals surface area (Å²) >= 11 is 19.0. The first kappa shape index (κ1) is 150. The minimum atomic E-state index is -1.06. The third-order valence-corrected chi connectivity index (χ3v) is 17.0. The van der Waals surface area contributed by atoms with Crippen LogP contribution in [0.2, 0.25) is 0 Å². The number of hydrogen-bond donors (Lipinski definition) is 28. The molecule has 0 bridgehead atoms. The van der Waals surface area contributed by atoms with Gasteiger partial charge in [0.05, 0.1) is 60.2 Å². The molecule has 4 saturated heterocycles. The second kappa shape index (κ2) is 103. The highest BCUT2D eigenvalue weighted by molar-refractivity contribution is 7.82. The van der Waals surface area contributed by atoms with Crippen molar-refractivity contribution in [2.75, 3.05) is 76.2 Å². The summed E-state index contributed by atoms with van der Waals surface area (Å²) in [6, 6.07) is -4.63. The molecule has 4 aliphatic rings. The quantitative estimate of drug-likeness (QED) is 0.00673. The molecular weight excluding hydrogens is 1880 g/mol. The van der Waals surface area contributed by atoms with Crippen LogP contribution in [0.25, 0.3) is 0 Å². The van der Waals surface area contributed by atoms with E-state index in [4.69, 9.17) is 124 Å². The van der Waals surface area contributed by atoms with Crippen molar-refractivity contribution < 1.29 is 131 Å². The first-order valence-corrected chi connectivity index (χ1v) is 44.7. The molecule has 784 valence electrons. The molecule has 4 rings (SSSR count). The highest BCUT2D eigenvalue weighted by Crippen LogP contribution is 2.18. The van der Waals surface area contributed by atoms with Crippen molar-refractivity contribution in [3.8, 4) is 0 Å². The van der Waals surface area contributed by atoms with Crippen LogP contribution in [0.3, 0.4) is 0 Å². The van der Waals surface area contributed by atoms with Crippen LogP contribution >= 0.6 is 63.1 Å². The highest BCUT2D eigenvalue weighted by Gasteiger charge is 2.37. The fraction of sp³-hybridized carbons (Fsp3) is 0.679. The zero-order valence-electron chi connectivity index (χ0n) is 78.1. The Morgan fingerprint density at radius 3 is 1.05 bits per heavy atom. The normalized spacial score (nSPS) is 15.2. The molecule has 52 nitrogen and oxygen atoms in total. The number of aldehydes is 7. The maximum absolute atomic E-state index is 11.0. The molecule has 4 heterocycles. The van der Waals surface area contributed by atoms with Crippen LogP contribution in [0.5, 0.6) is 0 Å².